The number of rotatable bonds is 6. The van der Waals surface area contributed by atoms with Crippen LogP contribution in [0.1, 0.15) is 29.7 Å². The molecule has 5 nitrogen and oxygen atoms in total. The first-order valence-electron chi connectivity index (χ1n) is 10.0. The van der Waals surface area contributed by atoms with Gasteiger partial charge >= 0.3 is 0 Å². The molecule has 0 aliphatic carbocycles. The van der Waals surface area contributed by atoms with Gasteiger partial charge in [-0.15, -0.1) is 0 Å². The second-order valence-corrected chi connectivity index (χ2v) is 8.52. The maximum Gasteiger partial charge on any atom is 0.234 e. The van der Waals surface area contributed by atoms with E-state index in [9.17, 15) is 9.59 Å². The predicted molar refractivity (Wildman–Crippen MR) is 119 cm³/mol. The van der Waals surface area contributed by atoms with Crippen molar-refractivity contribution in [1.82, 2.24) is 15.1 Å². The molecule has 1 N–H and O–H groups in total. The van der Waals surface area contributed by atoms with E-state index in [0.29, 0.717) is 26.1 Å². The van der Waals surface area contributed by atoms with E-state index in [2.05, 4.69) is 26.1 Å². The summed E-state index contributed by atoms with van der Waals surface area (Å²) >= 11 is 3.43. The first kappa shape index (κ1) is 21.5. The van der Waals surface area contributed by atoms with Gasteiger partial charge < -0.3 is 10.2 Å². The second-order valence-electron chi connectivity index (χ2n) is 7.60. The van der Waals surface area contributed by atoms with E-state index in [0.717, 1.165) is 34.3 Å². The molecule has 2 amide bonds. The zero-order chi connectivity index (χ0) is 20.8. The largest absolute Gasteiger partial charge is 0.348 e. The Morgan fingerprint density at radius 3 is 2.34 bits per heavy atom. The van der Waals surface area contributed by atoms with Crippen LogP contribution in [0.5, 0.6) is 0 Å². The van der Waals surface area contributed by atoms with Crippen molar-refractivity contribution in [2.75, 3.05) is 32.7 Å². The van der Waals surface area contributed by atoms with Crippen molar-refractivity contribution in [3.63, 3.8) is 0 Å². The summed E-state index contributed by atoms with van der Waals surface area (Å²) in [5, 5.41) is 3.06. The van der Waals surface area contributed by atoms with Gasteiger partial charge in [0.05, 0.1) is 19.0 Å². The fraction of sp³-hybridized carbons (Fsp3) is 0.391. The van der Waals surface area contributed by atoms with E-state index >= 15 is 0 Å². The fourth-order valence-corrected chi connectivity index (χ4v) is 3.83. The van der Waals surface area contributed by atoms with Crippen LogP contribution in [-0.4, -0.2) is 54.3 Å². The quantitative estimate of drug-likeness (QED) is 0.723. The van der Waals surface area contributed by atoms with Crippen LogP contribution in [0.25, 0.3) is 0 Å². The highest BCUT2D eigenvalue weighted by atomic mass is 79.9. The SMILES string of the molecule is Cc1ccccc1CC(=O)N1CCN(CC(=O)NC(C)c2ccc(Br)cc2)CC1. The lowest BCUT2D eigenvalue weighted by Gasteiger charge is -2.34. The van der Waals surface area contributed by atoms with E-state index < -0.39 is 0 Å². The Balaban J connectivity index is 1.43. The van der Waals surface area contributed by atoms with Crippen LogP contribution in [-0.2, 0) is 16.0 Å². The molecular formula is C23H28BrN3O2. The van der Waals surface area contributed by atoms with E-state index in [1.807, 2.05) is 67.3 Å². The van der Waals surface area contributed by atoms with Crippen LogP contribution >= 0.6 is 15.9 Å². The Labute approximate surface area is 181 Å². The normalized spacial score (nSPS) is 15.8. The van der Waals surface area contributed by atoms with Crippen molar-refractivity contribution in [3.8, 4) is 0 Å². The van der Waals surface area contributed by atoms with Crippen LogP contribution in [0.3, 0.4) is 0 Å². The highest BCUT2D eigenvalue weighted by Gasteiger charge is 2.23. The van der Waals surface area contributed by atoms with Crippen molar-refractivity contribution in [3.05, 3.63) is 69.7 Å². The number of halogens is 1. The monoisotopic (exact) mass is 457 g/mol. The molecule has 154 valence electrons. The molecular weight excluding hydrogens is 430 g/mol. The first-order chi connectivity index (χ1) is 13.9. The van der Waals surface area contributed by atoms with Crippen molar-refractivity contribution < 1.29 is 9.59 Å². The number of hydrogen-bond acceptors (Lipinski definition) is 3. The minimum atomic E-state index is -0.0346. The third-order valence-corrected chi connectivity index (χ3v) is 5.97. The molecule has 6 heteroatoms. The fourth-order valence-electron chi connectivity index (χ4n) is 3.56. The summed E-state index contributed by atoms with van der Waals surface area (Å²) in [6.45, 7) is 7.16. The molecule has 1 aliphatic heterocycles. The molecule has 0 saturated carbocycles. The minimum Gasteiger partial charge on any atom is -0.348 e. The lowest BCUT2D eigenvalue weighted by molar-refractivity contribution is -0.132. The molecule has 1 saturated heterocycles. The van der Waals surface area contributed by atoms with Gasteiger partial charge in [-0.05, 0) is 42.7 Å². The van der Waals surface area contributed by atoms with Gasteiger partial charge in [0.15, 0.2) is 0 Å². The Hall–Kier alpha value is -2.18. The van der Waals surface area contributed by atoms with Gasteiger partial charge in [0, 0.05) is 30.7 Å². The maximum atomic E-state index is 12.6. The Morgan fingerprint density at radius 2 is 1.69 bits per heavy atom. The number of carbonyl (C=O) groups excluding carboxylic acids is 2. The van der Waals surface area contributed by atoms with E-state index in [1.165, 1.54) is 0 Å². The topological polar surface area (TPSA) is 52.7 Å². The lowest BCUT2D eigenvalue weighted by atomic mass is 10.1. The maximum absolute atomic E-state index is 12.6. The molecule has 1 atom stereocenters. The van der Waals surface area contributed by atoms with Crippen LogP contribution < -0.4 is 5.32 Å². The summed E-state index contributed by atoms with van der Waals surface area (Å²) in [4.78, 5) is 29.0. The number of amides is 2. The molecule has 29 heavy (non-hydrogen) atoms. The Kier molecular flexibility index (Phi) is 7.45. The smallest absolute Gasteiger partial charge is 0.234 e. The summed E-state index contributed by atoms with van der Waals surface area (Å²) in [7, 11) is 0. The number of piperazine rings is 1. The highest BCUT2D eigenvalue weighted by molar-refractivity contribution is 9.10. The van der Waals surface area contributed by atoms with Gasteiger partial charge in [-0.25, -0.2) is 0 Å². The summed E-state index contributed by atoms with van der Waals surface area (Å²) in [5.74, 6) is 0.173. The molecule has 0 radical (unpaired) electrons. The van der Waals surface area contributed by atoms with Crippen LogP contribution in [0.2, 0.25) is 0 Å². The molecule has 2 aromatic rings. The first-order valence-corrected chi connectivity index (χ1v) is 10.8. The standard InChI is InChI=1S/C23H28BrN3O2/c1-17-5-3-4-6-20(17)15-23(29)27-13-11-26(12-14-27)16-22(28)25-18(2)19-7-9-21(24)10-8-19/h3-10,18H,11-16H2,1-2H3,(H,25,28). The minimum absolute atomic E-state index is 0.0140. The van der Waals surface area contributed by atoms with Gasteiger partial charge in [-0.3, -0.25) is 14.5 Å². The number of nitrogens with one attached hydrogen (secondary N) is 1. The summed E-state index contributed by atoms with van der Waals surface area (Å²) in [5.41, 5.74) is 3.31. The molecule has 1 aliphatic rings. The van der Waals surface area contributed by atoms with Crippen LogP contribution in [0, 0.1) is 6.92 Å². The molecule has 1 unspecified atom stereocenters. The zero-order valence-corrected chi connectivity index (χ0v) is 18.6. The average molecular weight is 458 g/mol. The van der Waals surface area contributed by atoms with Gasteiger partial charge in [-0.1, -0.05) is 52.3 Å². The van der Waals surface area contributed by atoms with E-state index in [4.69, 9.17) is 0 Å². The summed E-state index contributed by atoms with van der Waals surface area (Å²) in [6.07, 6.45) is 0.442. The van der Waals surface area contributed by atoms with E-state index in [-0.39, 0.29) is 17.9 Å². The molecule has 1 heterocycles. The Morgan fingerprint density at radius 1 is 1.03 bits per heavy atom. The number of aryl methyl sites for hydroxylation is 1. The van der Waals surface area contributed by atoms with Crippen LogP contribution in [0.15, 0.2) is 53.0 Å². The van der Waals surface area contributed by atoms with Gasteiger partial charge in [-0.2, -0.15) is 0 Å². The van der Waals surface area contributed by atoms with Crippen molar-refractivity contribution in [2.45, 2.75) is 26.3 Å². The van der Waals surface area contributed by atoms with Crippen molar-refractivity contribution in [1.29, 1.82) is 0 Å². The second kappa shape index (κ2) is 10.0. The van der Waals surface area contributed by atoms with Gasteiger partial charge in [0.2, 0.25) is 11.8 Å². The number of benzene rings is 2. The predicted octanol–water partition coefficient (Wildman–Crippen LogP) is 3.32. The van der Waals surface area contributed by atoms with Crippen molar-refractivity contribution in [2.24, 2.45) is 0 Å². The van der Waals surface area contributed by atoms with Gasteiger partial charge in [0.1, 0.15) is 0 Å². The van der Waals surface area contributed by atoms with E-state index in [1.54, 1.807) is 0 Å². The molecule has 0 bridgehead atoms. The number of carbonyl (C=O) groups is 2. The highest BCUT2D eigenvalue weighted by Crippen LogP contribution is 2.16. The average Bonchev–Trinajstić information content (AvgIpc) is 2.70. The van der Waals surface area contributed by atoms with Gasteiger partial charge in [0.25, 0.3) is 0 Å². The lowest BCUT2D eigenvalue weighted by Crippen LogP contribution is -2.51. The third-order valence-electron chi connectivity index (χ3n) is 5.44. The summed E-state index contributed by atoms with van der Waals surface area (Å²) in [6, 6.07) is 16.0. The number of nitrogens with zero attached hydrogens (tertiary/aromatic N) is 2. The van der Waals surface area contributed by atoms with Crippen LogP contribution in [0.4, 0.5) is 0 Å². The zero-order valence-electron chi connectivity index (χ0n) is 17.0. The number of hydrogen-bond donors (Lipinski definition) is 1. The summed E-state index contributed by atoms with van der Waals surface area (Å²) < 4.78 is 1.02. The molecule has 0 spiro atoms. The molecule has 3 rings (SSSR count). The molecule has 1 fully saturated rings. The third kappa shape index (κ3) is 6.15. The molecule has 0 aromatic heterocycles. The van der Waals surface area contributed by atoms with Crippen molar-refractivity contribution >= 4 is 27.7 Å². The molecule has 2 aromatic carbocycles. The Bertz CT molecular complexity index is 845.